The van der Waals surface area contributed by atoms with Crippen molar-refractivity contribution in [1.82, 2.24) is 0 Å². The molecule has 0 saturated heterocycles. The van der Waals surface area contributed by atoms with Gasteiger partial charge in [-0.15, -0.1) is 11.6 Å². The van der Waals surface area contributed by atoms with E-state index in [1.807, 2.05) is 6.07 Å². The first-order valence-corrected chi connectivity index (χ1v) is 7.80. The van der Waals surface area contributed by atoms with Crippen LogP contribution in [-0.4, -0.2) is 27.2 Å². The number of nitrogens with one attached hydrogen (secondary N) is 1. The number of anilines is 1. The zero-order valence-corrected chi connectivity index (χ0v) is 12.1. The van der Waals surface area contributed by atoms with E-state index in [1.54, 1.807) is 32.2 Å². The molecule has 1 aromatic rings. The fourth-order valence-electron chi connectivity index (χ4n) is 1.53. The van der Waals surface area contributed by atoms with Gasteiger partial charge in [-0.2, -0.15) is 0 Å². The third kappa shape index (κ3) is 5.25. The molecule has 1 rings (SSSR count). The monoisotopic (exact) mass is 291 g/mol. The maximum Gasteiger partial charge on any atom is 0.233 e. The van der Waals surface area contributed by atoms with Crippen LogP contribution >= 0.6 is 11.6 Å². The molecule has 0 heterocycles. The van der Waals surface area contributed by atoms with Gasteiger partial charge < -0.3 is 4.74 Å². The molecule has 0 bridgehead atoms. The topological polar surface area (TPSA) is 55.4 Å². The minimum atomic E-state index is -3.35. The van der Waals surface area contributed by atoms with E-state index in [9.17, 15) is 8.42 Å². The average molecular weight is 292 g/mol. The van der Waals surface area contributed by atoms with E-state index in [2.05, 4.69) is 4.72 Å². The van der Waals surface area contributed by atoms with Crippen LogP contribution in [0.25, 0.3) is 0 Å². The summed E-state index contributed by atoms with van der Waals surface area (Å²) in [4.78, 5) is 0. The largest absolute Gasteiger partial charge is 0.380 e. The number of hydrogen-bond donors (Lipinski definition) is 1. The summed E-state index contributed by atoms with van der Waals surface area (Å²) in [5.41, 5.74) is 1.47. The minimum Gasteiger partial charge on any atom is -0.380 e. The van der Waals surface area contributed by atoms with Crippen LogP contribution in [0.2, 0.25) is 0 Å². The van der Waals surface area contributed by atoms with Crippen LogP contribution in [0.1, 0.15) is 12.5 Å². The molecule has 0 amide bonds. The van der Waals surface area contributed by atoms with Gasteiger partial charge >= 0.3 is 0 Å². The highest BCUT2D eigenvalue weighted by Crippen LogP contribution is 2.14. The number of halogens is 1. The molecule has 0 saturated carbocycles. The van der Waals surface area contributed by atoms with E-state index in [0.717, 1.165) is 5.56 Å². The Labute approximate surface area is 113 Å². The van der Waals surface area contributed by atoms with Crippen molar-refractivity contribution >= 4 is 27.3 Å². The van der Waals surface area contributed by atoms with Gasteiger partial charge in [0.2, 0.25) is 10.0 Å². The fourth-order valence-corrected chi connectivity index (χ4v) is 3.21. The Hall–Kier alpha value is -0.780. The van der Waals surface area contributed by atoms with E-state index in [1.165, 1.54) is 0 Å². The summed E-state index contributed by atoms with van der Waals surface area (Å²) in [5.74, 6) is 0.265. The van der Waals surface area contributed by atoms with Crippen LogP contribution < -0.4 is 4.72 Å². The van der Waals surface area contributed by atoms with Crippen molar-refractivity contribution in [2.75, 3.05) is 23.5 Å². The maximum absolute atomic E-state index is 11.8. The highest BCUT2D eigenvalue weighted by molar-refractivity contribution is 7.92. The van der Waals surface area contributed by atoms with Crippen molar-refractivity contribution in [1.29, 1.82) is 0 Å². The molecule has 102 valence electrons. The molecule has 6 heteroatoms. The standard InChI is InChI=1S/C12H18ClNO3S/c1-10(7-13)9-18(15,16)14-12-5-3-4-11(6-12)8-17-2/h3-6,10,14H,7-9H2,1-2H3. The van der Waals surface area contributed by atoms with E-state index in [4.69, 9.17) is 16.3 Å². The molecule has 1 atom stereocenters. The number of alkyl halides is 1. The average Bonchev–Trinajstić information content (AvgIpc) is 2.28. The normalized spacial score (nSPS) is 13.3. The molecule has 0 aliphatic heterocycles. The van der Waals surface area contributed by atoms with Crippen LogP contribution in [0.5, 0.6) is 0 Å². The zero-order chi connectivity index (χ0) is 13.6. The first-order valence-electron chi connectivity index (χ1n) is 5.61. The van der Waals surface area contributed by atoms with Crippen molar-refractivity contribution < 1.29 is 13.2 Å². The van der Waals surface area contributed by atoms with Gasteiger partial charge in [0.15, 0.2) is 0 Å². The Balaban J connectivity index is 2.74. The molecule has 4 nitrogen and oxygen atoms in total. The third-order valence-corrected chi connectivity index (χ3v) is 4.36. The number of ether oxygens (including phenoxy) is 1. The molecule has 18 heavy (non-hydrogen) atoms. The zero-order valence-electron chi connectivity index (χ0n) is 10.5. The van der Waals surface area contributed by atoms with Crippen molar-refractivity contribution in [3.05, 3.63) is 29.8 Å². The highest BCUT2D eigenvalue weighted by Gasteiger charge is 2.15. The van der Waals surface area contributed by atoms with Gasteiger partial charge in [-0.25, -0.2) is 8.42 Å². The highest BCUT2D eigenvalue weighted by atomic mass is 35.5. The number of methoxy groups -OCH3 is 1. The van der Waals surface area contributed by atoms with Gasteiger partial charge in [0, 0.05) is 18.7 Å². The lowest BCUT2D eigenvalue weighted by molar-refractivity contribution is 0.185. The lowest BCUT2D eigenvalue weighted by Gasteiger charge is -2.11. The predicted octanol–water partition coefficient (Wildman–Crippen LogP) is 2.45. The summed E-state index contributed by atoms with van der Waals surface area (Å²) in [5, 5.41) is 0. The van der Waals surface area contributed by atoms with Crippen molar-refractivity contribution in [3.63, 3.8) is 0 Å². The van der Waals surface area contributed by atoms with Crippen LogP contribution in [-0.2, 0) is 21.4 Å². The van der Waals surface area contributed by atoms with Gasteiger partial charge in [0.25, 0.3) is 0 Å². The lowest BCUT2D eigenvalue weighted by Crippen LogP contribution is -2.22. The molecule has 0 aliphatic rings. The predicted molar refractivity (Wildman–Crippen MR) is 74.4 cm³/mol. The second kappa shape index (κ2) is 6.97. The Kier molecular flexibility index (Phi) is 5.91. The first-order chi connectivity index (χ1) is 8.46. The smallest absolute Gasteiger partial charge is 0.233 e. The quantitative estimate of drug-likeness (QED) is 0.785. The Morgan fingerprint density at radius 2 is 2.17 bits per heavy atom. The molecule has 0 fully saturated rings. The Bertz CT molecular complexity index is 476. The van der Waals surface area contributed by atoms with E-state index in [0.29, 0.717) is 18.2 Å². The van der Waals surface area contributed by atoms with Crippen molar-refractivity contribution in [2.24, 2.45) is 5.92 Å². The molecule has 0 aliphatic carbocycles. The maximum atomic E-state index is 11.8. The summed E-state index contributed by atoms with van der Waals surface area (Å²) in [6.07, 6.45) is 0. The number of sulfonamides is 1. The van der Waals surface area contributed by atoms with Crippen molar-refractivity contribution in [2.45, 2.75) is 13.5 Å². The molecule has 0 aromatic heterocycles. The Morgan fingerprint density at radius 3 is 2.78 bits per heavy atom. The number of rotatable bonds is 7. The molecule has 0 spiro atoms. The Morgan fingerprint density at radius 1 is 1.44 bits per heavy atom. The van der Waals surface area contributed by atoms with E-state index >= 15 is 0 Å². The van der Waals surface area contributed by atoms with Crippen LogP contribution in [0.4, 0.5) is 5.69 Å². The molecular formula is C12H18ClNO3S. The van der Waals surface area contributed by atoms with Crippen LogP contribution in [0.3, 0.4) is 0 Å². The van der Waals surface area contributed by atoms with Gasteiger partial charge in [0.1, 0.15) is 0 Å². The molecule has 1 unspecified atom stereocenters. The van der Waals surface area contributed by atoms with E-state index in [-0.39, 0.29) is 11.7 Å². The fraction of sp³-hybridized carbons (Fsp3) is 0.500. The lowest BCUT2D eigenvalue weighted by atomic mass is 10.2. The van der Waals surface area contributed by atoms with Crippen molar-refractivity contribution in [3.8, 4) is 0 Å². The van der Waals surface area contributed by atoms with Gasteiger partial charge in [-0.3, -0.25) is 4.72 Å². The van der Waals surface area contributed by atoms with Gasteiger partial charge in [-0.1, -0.05) is 19.1 Å². The third-order valence-electron chi connectivity index (χ3n) is 2.28. The summed E-state index contributed by atoms with van der Waals surface area (Å²) in [7, 11) is -1.76. The molecule has 0 radical (unpaired) electrons. The van der Waals surface area contributed by atoms with Crippen LogP contribution in [0.15, 0.2) is 24.3 Å². The summed E-state index contributed by atoms with van der Waals surface area (Å²) < 4.78 is 31.2. The molecule has 1 N–H and O–H groups in total. The first kappa shape index (κ1) is 15.3. The molecule has 1 aromatic carbocycles. The van der Waals surface area contributed by atoms with E-state index < -0.39 is 10.0 Å². The summed E-state index contributed by atoms with van der Waals surface area (Å²) in [6.45, 7) is 2.25. The summed E-state index contributed by atoms with van der Waals surface area (Å²) >= 11 is 5.62. The number of benzene rings is 1. The van der Waals surface area contributed by atoms with Gasteiger partial charge in [-0.05, 0) is 23.6 Å². The summed E-state index contributed by atoms with van der Waals surface area (Å²) in [6, 6.07) is 7.13. The second-order valence-electron chi connectivity index (χ2n) is 4.28. The van der Waals surface area contributed by atoms with Gasteiger partial charge in [0.05, 0.1) is 12.4 Å². The SMILES string of the molecule is COCc1cccc(NS(=O)(=O)CC(C)CCl)c1. The van der Waals surface area contributed by atoms with Crippen LogP contribution in [0, 0.1) is 5.92 Å². The number of hydrogen-bond acceptors (Lipinski definition) is 3. The molecular weight excluding hydrogens is 274 g/mol. The second-order valence-corrected chi connectivity index (χ2v) is 6.35. The minimum absolute atomic E-state index is 0.0189.